The summed E-state index contributed by atoms with van der Waals surface area (Å²) in [7, 11) is 1.66. The van der Waals surface area contributed by atoms with Crippen LogP contribution >= 0.6 is 0 Å². The van der Waals surface area contributed by atoms with Crippen LogP contribution in [0.3, 0.4) is 0 Å². The average Bonchev–Trinajstić information content (AvgIpc) is 2.82. The Bertz CT molecular complexity index is 499. The van der Waals surface area contributed by atoms with Gasteiger partial charge < -0.3 is 10.0 Å². The molecule has 7 nitrogen and oxygen atoms in total. The van der Waals surface area contributed by atoms with Gasteiger partial charge in [0.2, 0.25) is 5.91 Å². The van der Waals surface area contributed by atoms with Crippen molar-refractivity contribution in [2.75, 3.05) is 13.7 Å². The molecule has 1 atom stereocenters. The fourth-order valence-electron chi connectivity index (χ4n) is 2.20. The van der Waals surface area contributed by atoms with Crippen molar-refractivity contribution in [1.82, 2.24) is 20.0 Å². The maximum Gasteiger partial charge on any atom is 0.324 e. The second-order valence-electron chi connectivity index (χ2n) is 4.93. The quantitative estimate of drug-likeness (QED) is 0.806. The minimum absolute atomic E-state index is 0.104. The van der Waals surface area contributed by atoms with Crippen molar-refractivity contribution in [3.05, 3.63) is 18.0 Å². The van der Waals surface area contributed by atoms with Crippen LogP contribution in [0.5, 0.6) is 0 Å². The fourth-order valence-corrected chi connectivity index (χ4v) is 2.20. The van der Waals surface area contributed by atoms with E-state index in [2.05, 4.69) is 10.4 Å². The molecule has 7 heteroatoms. The lowest BCUT2D eigenvalue weighted by molar-refractivity contribution is -0.124. The van der Waals surface area contributed by atoms with E-state index in [4.69, 9.17) is 5.11 Å². The third-order valence-electron chi connectivity index (χ3n) is 3.60. The standard InChI is InChI=1S/C12H18N4O3/c1-12(6-10(18)14-11(19)15(12)2)9-7-13-16(8-9)4-3-5-17/h7-8,17H,3-6H2,1-2H3,(H,14,18,19). The zero-order chi connectivity index (χ0) is 14.0. The van der Waals surface area contributed by atoms with Gasteiger partial charge in [0.05, 0.1) is 18.2 Å². The monoisotopic (exact) mass is 266 g/mol. The van der Waals surface area contributed by atoms with E-state index in [0.29, 0.717) is 13.0 Å². The first-order chi connectivity index (χ1) is 8.97. The van der Waals surface area contributed by atoms with E-state index in [1.165, 1.54) is 4.90 Å². The second kappa shape index (κ2) is 5.00. The van der Waals surface area contributed by atoms with Crippen LogP contribution in [0, 0.1) is 0 Å². The molecule has 19 heavy (non-hydrogen) atoms. The minimum Gasteiger partial charge on any atom is -0.396 e. The molecule has 104 valence electrons. The molecule has 1 aromatic rings. The topological polar surface area (TPSA) is 87.5 Å². The molecule has 0 spiro atoms. The van der Waals surface area contributed by atoms with Gasteiger partial charge in [0.1, 0.15) is 0 Å². The van der Waals surface area contributed by atoms with Crippen LogP contribution in [0.4, 0.5) is 4.79 Å². The number of carbonyl (C=O) groups excluding carboxylic acids is 2. The Balaban J connectivity index is 2.25. The van der Waals surface area contributed by atoms with Gasteiger partial charge in [-0.3, -0.25) is 14.8 Å². The predicted molar refractivity (Wildman–Crippen MR) is 67.2 cm³/mol. The number of nitrogens with zero attached hydrogens (tertiary/aromatic N) is 3. The van der Waals surface area contributed by atoms with Crippen molar-refractivity contribution in [1.29, 1.82) is 0 Å². The van der Waals surface area contributed by atoms with Crippen LogP contribution in [0.2, 0.25) is 0 Å². The lowest BCUT2D eigenvalue weighted by Gasteiger charge is -2.41. The largest absolute Gasteiger partial charge is 0.396 e. The van der Waals surface area contributed by atoms with Gasteiger partial charge in [0.25, 0.3) is 0 Å². The fraction of sp³-hybridized carbons (Fsp3) is 0.583. The lowest BCUT2D eigenvalue weighted by Crippen LogP contribution is -2.57. The number of carbonyl (C=O) groups is 2. The zero-order valence-electron chi connectivity index (χ0n) is 11.1. The maximum absolute atomic E-state index is 11.7. The Morgan fingerprint density at radius 3 is 2.95 bits per heavy atom. The summed E-state index contributed by atoms with van der Waals surface area (Å²) in [6, 6.07) is -0.401. The van der Waals surface area contributed by atoms with Gasteiger partial charge in [0, 0.05) is 32.0 Å². The Morgan fingerprint density at radius 1 is 1.53 bits per heavy atom. The third kappa shape index (κ3) is 2.46. The van der Waals surface area contributed by atoms with E-state index in [1.807, 2.05) is 13.1 Å². The molecule has 2 rings (SSSR count). The van der Waals surface area contributed by atoms with Gasteiger partial charge in [0.15, 0.2) is 0 Å². The highest BCUT2D eigenvalue weighted by atomic mass is 16.3. The number of amides is 3. The number of aliphatic hydroxyl groups is 1. The van der Waals surface area contributed by atoms with Crippen LogP contribution in [0.15, 0.2) is 12.4 Å². The molecule has 0 bridgehead atoms. The van der Waals surface area contributed by atoms with Gasteiger partial charge >= 0.3 is 6.03 Å². The first kappa shape index (κ1) is 13.5. The molecule has 3 amide bonds. The summed E-state index contributed by atoms with van der Waals surface area (Å²) in [5.74, 6) is -0.284. The average molecular weight is 266 g/mol. The molecule has 0 saturated carbocycles. The Morgan fingerprint density at radius 2 is 2.26 bits per heavy atom. The number of hydrogen-bond acceptors (Lipinski definition) is 4. The molecule has 0 aliphatic carbocycles. The Labute approximate surface area is 111 Å². The van der Waals surface area contributed by atoms with E-state index in [9.17, 15) is 9.59 Å². The van der Waals surface area contributed by atoms with Crippen molar-refractivity contribution in [3.63, 3.8) is 0 Å². The van der Waals surface area contributed by atoms with Gasteiger partial charge in [-0.25, -0.2) is 4.79 Å². The minimum atomic E-state index is -0.684. The van der Waals surface area contributed by atoms with Crippen molar-refractivity contribution in [2.45, 2.75) is 31.8 Å². The highest BCUT2D eigenvalue weighted by Crippen LogP contribution is 2.32. The Hall–Kier alpha value is -1.89. The van der Waals surface area contributed by atoms with Crippen LogP contribution in [-0.2, 0) is 16.9 Å². The van der Waals surface area contributed by atoms with Crippen LogP contribution < -0.4 is 5.32 Å². The molecule has 1 unspecified atom stereocenters. The van der Waals surface area contributed by atoms with Crippen LogP contribution in [0.25, 0.3) is 0 Å². The van der Waals surface area contributed by atoms with Gasteiger partial charge in [-0.1, -0.05) is 0 Å². The molecule has 2 N–H and O–H groups in total. The van der Waals surface area contributed by atoms with Crippen LogP contribution in [-0.4, -0.2) is 45.4 Å². The predicted octanol–water partition coefficient (Wildman–Crippen LogP) is 0.0524. The molecular formula is C12H18N4O3. The number of urea groups is 1. The van der Waals surface area contributed by atoms with Gasteiger partial charge in [-0.2, -0.15) is 5.10 Å². The summed E-state index contributed by atoms with van der Waals surface area (Å²) < 4.78 is 1.71. The van der Waals surface area contributed by atoms with Gasteiger partial charge in [-0.05, 0) is 13.3 Å². The summed E-state index contributed by atoms with van der Waals surface area (Å²) in [4.78, 5) is 24.8. The molecular weight excluding hydrogens is 248 g/mol. The summed E-state index contributed by atoms with van der Waals surface area (Å²) in [5, 5.41) is 15.3. The smallest absolute Gasteiger partial charge is 0.324 e. The maximum atomic E-state index is 11.7. The van der Waals surface area contributed by atoms with Crippen molar-refractivity contribution >= 4 is 11.9 Å². The van der Waals surface area contributed by atoms with Crippen molar-refractivity contribution in [3.8, 4) is 0 Å². The number of hydrogen-bond donors (Lipinski definition) is 2. The SMILES string of the molecule is CN1C(=O)NC(=O)CC1(C)c1cnn(CCCO)c1. The van der Waals surface area contributed by atoms with Crippen molar-refractivity contribution < 1.29 is 14.7 Å². The Kier molecular flexibility index (Phi) is 3.57. The normalized spacial score (nSPS) is 23.6. The number of rotatable bonds is 4. The highest BCUT2D eigenvalue weighted by molar-refractivity contribution is 5.97. The zero-order valence-corrected chi connectivity index (χ0v) is 11.1. The summed E-state index contributed by atoms with van der Waals surface area (Å²) in [5.41, 5.74) is 0.132. The lowest BCUT2D eigenvalue weighted by atomic mass is 9.87. The van der Waals surface area contributed by atoms with Crippen LogP contribution in [0.1, 0.15) is 25.3 Å². The molecule has 2 heterocycles. The second-order valence-corrected chi connectivity index (χ2v) is 4.93. The highest BCUT2D eigenvalue weighted by Gasteiger charge is 2.42. The third-order valence-corrected chi connectivity index (χ3v) is 3.60. The van der Waals surface area contributed by atoms with E-state index < -0.39 is 11.6 Å². The molecule has 0 radical (unpaired) electrons. The van der Waals surface area contributed by atoms with E-state index >= 15 is 0 Å². The molecule has 1 saturated heterocycles. The van der Waals surface area contributed by atoms with E-state index in [-0.39, 0.29) is 18.9 Å². The number of nitrogens with one attached hydrogen (secondary N) is 1. The molecule has 0 aromatic carbocycles. The molecule has 1 fully saturated rings. The first-order valence-corrected chi connectivity index (χ1v) is 6.19. The number of aromatic nitrogens is 2. The summed E-state index contributed by atoms with van der Waals surface area (Å²) >= 11 is 0. The van der Waals surface area contributed by atoms with Crippen molar-refractivity contribution in [2.24, 2.45) is 0 Å². The number of imide groups is 1. The van der Waals surface area contributed by atoms with Gasteiger partial charge in [-0.15, -0.1) is 0 Å². The first-order valence-electron chi connectivity index (χ1n) is 6.19. The number of aliphatic hydroxyl groups excluding tert-OH is 1. The number of aryl methyl sites for hydroxylation is 1. The summed E-state index contributed by atoms with van der Waals surface area (Å²) in [6.45, 7) is 2.56. The summed E-state index contributed by atoms with van der Waals surface area (Å²) in [6.07, 6.45) is 4.31. The molecule has 1 aromatic heterocycles. The van der Waals surface area contributed by atoms with E-state index in [0.717, 1.165) is 5.56 Å². The molecule has 1 aliphatic heterocycles. The van der Waals surface area contributed by atoms with E-state index in [1.54, 1.807) is 17.9 Å². The molecule has 1 aliphatic rings.